The maximum Gasteiger partial charge on any atom is 0.153 e. The monoisotopic (exact) mass is 146 g/mol. The minimum Gasteiger partial charge on any atom is -0.508 e. The van der Waals surface area contributed by atoms with Crippen molar-refractivity contribution in [3.05, 3.63) is 6.07 Å². The number of rotatable bonds is 0. The van der Waals surface area contributed by atoms with Gasteiger partial charge in [0.1, 0.15) is 27.2 Å². The lowest BCUT2D eigenvalue weighted by Crippen LogP contribution is -2.12. The van der Waals surface area contributed by atoms with E-state index < -0.39 is 11.5 Å². The Morgan fingerprint density at radius 1 is 1.00 bits per heavy atom. The van der Waals surface area contributed by atoms with E-state index in [1.807, 2.05) is 0 Å². The molecule has 0 aliphatic rings. The molecule has 0 aliphatic carbocycles. The molecule has 52 valence electrons. The number of benzene rings is 1. The van der Waals surface area contributed by atoms with Crippen LogP contribution in [0.5, 0.6) is 17.2 Å². The van der Waals surface area contributed by atoms with E-state index in [0.717, 1.165) is 6.07 Å². The van der Waals surface area contributed by atoms with Gasteiger partial charge in [-0.25, -0.2) is 0 Å². The summed E-state index contributed by atoms with van der Waals surface area (Å²) in [7, 11) is 10.3. The van der Waals surface area contributed by atoms with Gasteiger partial charge in [0.25, 0.3) is 0 Å². The number of phenolic OH excluding ortho intramolecular Hbond substituents is 3. The first-order chi connectivity index (χ1) is 5.04. The van der Waals surface area contributed by atoms with Gasteiger partial charge in [0.15, 0.2) is 5.75 Å². The second-order valence-electron chi connectivity index (χ2n) is 2.10. The van der Waals surface area contributed by atoms with Crippen LogP contribution in [0.15, 0.2) is 6.07 Å². The Bertz CT molecular complexity index is 272. The van der Waals surface area contributed by atoms with Crippen LogP contribution in [0.4, 0.5) is 0 Å². The highest BCUT2D eigenvalue weighted by Crippen LogP contribution is 2.21. The van der Waals surface area contributed by atoms with E-state index in [0.29, 0.717) is 0 Å². The fraction of sp³-hybridized carbons (Fsp3) is 0. The van der Waals surface area contributed by atoms with Gasteiger partial charge < -0.3 is 15.3 Å². The summed E-state index contributed by atoms with van der Waals surface area (Å²) in [6.45, 7) is 0. The van der Waals surface area contributed by atoms with Crippen molar-refractivity contribution >= 4 is 26.6 Å². The molecule has 4 radical (unpaired) electrons. The van der Waals surface area contributed by atoms with E-state index in [1.54, 1.807) is 0 Å². The smallest absolute Gasteiger partial charge is 0.153 e. The summed E-state index contributed by atoms with van der Waals surface area (Å²) in [5, 5.41) is 26.8. The predicted molar refractivity (Wildman–Crippen MR) is 42.2 cm³/mol. The molecule has 0 fully saturated rings. The van der Waals surface area contributed by atoms with Crippen molar-refractivity contribution in [3.8, 4) is 17.2 Å². The van der Waals surface area contributed by atoms with Gasteiger partial charge in [0, 0.05) is 0 Å². The molecule has 3 N–H and O–H groups in total. The zero-order chi connectivity index (χ0) is 8.59. The fourth-order valence-electron chi connectivity index (χ4n) is 0.679. The van der Waals surface area contributed by atoms with Crippen molar-refractivity contribution in [3.63, 3.8) is 0 Å². The minimum absolute atomic E-state index is 0.116. The van der Waals surface area contributed by atoms with Crippen LogP contribution in [0.2, 0.25) is 0 Å². The van der Waals surface area contributed by atoms with Crippen LogP contribution in [0.25, 0.3) is 0 Å². The number of hydrogen-bond acceptors (Lipinski definition) is 3. The zero-order valence-corrected chi connectivity index (χ0v) is 5.57. The summed E-state index contributed by atoms with van der Waals surface area (Å²) >= 11 is 0. The summed E-state index contributed by atoms with van der Waals surface area (Å²) in [6, 6.07) is 1.06. The molecule has 0 atom stereocenters. The third-order valence-corrected chi connectivity index (χ3v) is 1.32. The maximum atomic E-state index is 8.95. The van der Waals surface area contributed by atoms with Crippen molar-refractivity contribution in [1.29, 1.82) is 0 Å². The summed E-state index contributed by atoms with van der Waals surface area (Å²) in [5.41, 5.74) is -0.397. The van der Waals surface area contributed by atoms with Gasteiger partial charge >= 0.3 is 0 Å². The third-order valence-electron chi connectivity index (χ3n) is 1.32. The van der Waals surface area contributed by atoms with Crippen molar-refractivity contribution in [2.45, 2.75) is 0 Å². The average molecular weight is 146 g/mol. The van der Waals surface area contributed by atoms with Gasteiger partial charge in [-0.15, -0.1) is 0 Å². The van der Waals surface area contributed by atoms with Crippen LogP contribution < -0.4 is 10.9 Å². The molecule has 0 aliphatic heterocycles. The Morgan fingerprint density at radius 2 is 1.55 bits per heavy atom. The molecule has 0 heterocycles. The number of hydrogen-bond donors (Lipinski definition) is 3. The highest BCUT2D eigenvalue weighted by molar-refractivity contribution is 6.40. The zero-order valence-electron chi connectivity index (χ0n) is 5.57. The quantitative estimate of drug-likeness (QED) is 0.234. The summed E-state index contributed by atoms with van der Waals surface area (Å²) in [6.07, 6.45) is 0. The summed E-state index contributed by atoms with van der Waals surface area (Å²) in [4.78, 5) is 0. The van der Waals surface area contributed by atoms with E-state index in [9.17, 15) is 0 Å². The Labute approximate surface area is 66.1 Å². The lowest BCUT2D eigenvalue weighted by atomic mass is 9.86. The second-order valence-corrected chi connectivity index (χ2v) is 2.10. The molecule has 1 aromatic rings. The van der Waals surface area contributed by atoms with Crippen LogP contribution in [-0.2, 0) is 0 Å². The topological polar surface area (TPSA) is 60.7 Å². The van der Waals surface area contributed by atoms with Crippen molar-refractivity contribution in [2.24, 2.45) is 0 Å². The van der Waals surface area contributed by atoms with E-state index in [4.69, 9.17) is 31.0 Å². The SMILES string of the molecule is [B]c1cc(O)c([B])c(O)c1O. The molecule has 0 amide bonds. The Hall–Kier alpha value is -1.25. The maximum absolute atomic E-state index is 8.95. The van der Waals surface area contributed by atoms with Crippen LogP contribution in [0, 0.1) is 0 Å². The number of phenols is 3. The summed E-state index contributed by atoms with van der Waals surface area (Å²) < 4.78 is 0. The molecule has 0 saturated heterocycles. The van der Waals surface area contributed by atoms with Crippen LogP contribution in [0.3, 0.4) is 0 Å². The predicted octanol–water partition coefficient (Wildman–Crippen LogP) is -1.61. The molecular weight excluding hydrogens is 142 g/mol. The molecule has 0 unspecified atom stereocenters. The van der Waals surface area contributed by atoms with Crippen molar-refractivity contribution in [2.75, 3.05) is 0 Å². The lowest BCUT2D eigenvalue weighted by Gasteiger charge is -2.07. The Kier molecular flexibility index (Phi) is 1.72. The fourth-order valence-corrected chi connectivity index (χ4v) is 0.679. The van der Waals surface area contributed by atoms with E-state index >= 15 is 0 Å². The first-order valence-corrected chi connectivity index (χ1v) is 2.83. The lowest BCUT2D eigenvalue weighted by molar-refractivity contribution is 0.404. The van der Waals surface area contributed by atoms with E-state index in [-0.39, 0.29) is 16.7 Å². The van der Waals surface area contributed by atoms with E-state index in [1.165, 1.54) is 0 Å². The number of aromatic hydroxyl groups is 3. The Morgan fingerprint density at radius 3 is 2.09 bits per heavy atom. The molecular formula is C6H4B2O3. The Balaban J connectivity index is 3.46. The van der Waals surface area contributed by atoms with Gasteiger partial charge in [0.05, 0.1) is 0 Å². The van der Waals surface area contributed by atoms with Crippen LogP contribution >= 0.6 is 0 Å². The highest BCUT2D eigenvalue weighted by atomic mass is 16.3. The standard InChI is InChI=1S/C6H4B2O3/c7-2-1-3(9)4(8)6(11)5(2)10/h1,9-11H. The molecule has 11 heavy (non-hydrogen) atoms. The van der Waals surface area contributed by atoms with E-state index in [2.05, 4.69) is 0 Å². The van der Waals surface area contributed by atoms with Gasteiger partial charge in [0.2, 0.25) is 0 Å². The van der Waals surface area contributed by atoms with Crippen LogP contribution in [-0.4, -0.2) is 31.0 Å². The van der Waals surface area contributed by atoms with Gasteiger partial charge in [-0.2, -0.15) is 0 Å². The van der Waals surface area contributed by atoms with Gasteiger partial charge in [-0.3, -0.25) is 0 Å². The highest BCUT2D eigenvalue weighted by Gasteiger charge is 2.08. The van der Waals surface area contributed by atoms with Gasteiger partial charge in [-0.1, -0.05) is 0 Å². The van der Waals surface area contributed by atoms with Crippen LogP contribution in [0.1, 0.15) is 0 Å². The molecule has 0 aromatic heterocycles. The normalized spacial score (nSPS) is 9.82. The second kappa shape index (κ2) is 2.42. The minimum atomic E-state index is -0.595. The first-order valence-electron chi connectivity index (χ1n) is 2.83. The third kappa shape index (κ3) is 1.13. The molecule has 0 saturated carbocycles. The van der Waals surface area contributed by atoms with Crippen molar-refractivity contribution in [1.82, 2.24) is 0 Å². The summed E-state index contributed by atoms with van der Waals surface area (Å²) in [5.74, 6) is -1.46. The first kappa shape index (κ1) is 7.85. The molecule has 1 aromatic carbocycles. The molecule has 0 spiro atoms. The molecule has 0 bridgehead atoms. The van der Waals surface area contributed by atoms with Crippen molar-refractivity contribution < 1.29 is 15.3 Å². The molecule has 3 nitrogen and oxygen atoms in total. The largest absolute Gasteiger partial charge is 0.508 e. The van der Waals surface area contributed by atoms with Gasteiger partial charge in [-0.05, 0) is 17.0 Å². The molecule has 5 heteroatoms. The molecule has 1 rings (SSSR count). The average Bonchev–Trinajstić information content (AvgIpc) is 1.97.